The van der Waals surface area contributed by atoms with Gasteiger partial charge < -0.3 is 16.0 Å². The Balaban J connectivity index is 1.68. The number of fused-ring (bicyclic) bond motifs is 2. The van der Waals surface area contributed by atoms with E-state index >= 15 is 0 Å². The standard InChI is InChI=1S/C13H25N3/c1-16-6-4-9(5-7-16)13-11(14)8-10-2-3-12(13)15-10/h9-13,15H,2-8,14H2,1H3. The van der Waals surface area contributed by atoms with Crippen LogP contribution in [0.4, 0.5) is 0 Å². The van der Waals surface area contributed by atoms with Gasteiger partial charge in [-0.15, -0.1) is 0 Å². The van der Waals surface area contributed by atoms with Gasteiger partial charge in [0, 0.05) is 18.1 Å². The molecule has 4 atom stereocenters. The van der Waals surface area contributed by atoms with Crippen LogP contribution in [-0.2, 0) is 0 Å². The van der Waals surface area contributed by atoms with E-state index in [0.29, 0.717) is 6.04 Å². The number of hydrogen-bond donors (Lipinski definition) is 2. The van der Waals surface area contributed by atoms with Crippen LogP contribution in [0.1, 0.15) is 32.1 Å². The molecule has 3 aliphatic heterocycles. The zero-order valence-corrected chi connectivity index (χ0v) is 10.4. The average Bonchev–Trinajstić information content (AvgIpc) is 2.64. The highest BCUT2D eigenvalue weighted by Gasteiger charge is 2.43. The summed E-state index contributed by atoms with van der Waals surface area (Å²) >= 11 is 0. The third kappa shape index (κ3) is 1.89. The van der Waals surface area contributed by atoms with Crippen molar-refractivity contribution in [2.75, 3.05) is 20.1 Å². The molecule has 0 saturated carbocycles. The lowest BCUT2D eigenvalue weighted by Gasteiger charge is -2.43. The molecule has 0 aromatic rings. The molecular formula is C13H25N3. The molecule has 0 spiro atoms. The smallest absolute Gasteiger partial charge is 0.0116 e. The Labute approximate surface area is 98.8 Å². The molecule has 3 aliphatic rings. The van der Waals surface area contributed by atoms with Gasteiger partial charge in [0.25, 0.3) is 0 Å². The minimum atomic E-state index is 0.465. The van der Waals surface area contributed by atoms with Crippen molar-refractivity contribution in [1.29, 1.82) is 0 Å². The molecule has 3 rings (SSSR count). The van der Waals surface area contributed by atoms with Gasteiger partial charge in [-0.1, -0.05) is 0 Å². The van der Waals surface area contributed by atoms with Gasteiger partial charge in [0.1, 0.15) is 0 Å². The van der Waals surface area contributed by atoms with Gasteiger partial charge in [0.2, 0.25) is 0 Å². The third-order valence-electron chi connectivity index (χ3n) is 5.10. The zero-order chi connectivity index (χ0) is 11.1. The SMILES string of the molecule is CN1CCC(C2C(N)CC3CCC2N3)CC1. The first-order chi connectivity index (χ1) is 7.74. The largest absolute Gasteiger partial charge is 0.327 e. The summed E-state index contributed by atoms with van der Waals surface area (Å²) in [5, 5.41) is 3.79. The van der Waals surface area contributed by atoms with E-state index in [1.165, 1.54) is 45.2 Å². The molecule has 2 bridgehead atoms. The molecule has 92 valence electrons. The van der Waals surface area contributed by atoms with Crippen molar-refractivity contribution in [3.8, 4) is 0 Å². The number of nitrogens with zero attached hydrogens (tertiary/aromatic N) is 1. The van der Waals surface area contributed by atoms with E-state index in [9.17, 15) is 0 Å². The van der Waals surface area contributed by atoms with E-state index < -0.39 is 0 Å². The first-order valence-electron chi connectivity index (χ1n) is 6.94. The molecule has 0 aliphatic carbocycles. The number of hydrogen-bond acceptors (Lipinski definition) is 3. The number of nitrogens with two attached hydrogens (primary N) is 1. The second-order valence-corrected chi connectivity index (χ2v) is 6.17. The van der Waals surface area contributed by atoms with Crippen LogP contribution in [0.3, 0.4) is 0 Å². The van der Waals surface area contributed by atoms with E-state index in [1.54, 1.807) is 0 Å². The van der Waals surface area contributed by atoms with Crippen molar-refractivity contribution in [2.24, 2.45) is 17.6 Å². The van der Waals surface area contributed by atoms with E-state index in [-0.39, 0.29) is 0 Å². The molecule has 3 heterocycles. The Hall–Kier alpha value is -0.120. The maximum absolute atomic E-state index is 6.41. The molecule has 16 heavy (non-hydrogen) atoms. The normalized spacial score (nSPS) is 46.1. The molecule has 3 heteroatoms. The summed E-state index contributed by atoms with van der Waals surface area (Å²) in [4.78, 5) is 2.45. The molecule has 0 radical (unpaired) electrons. The van der Waals surface area contributed by atoms with Crippen molar-refractivity contribution in [3.05, 3.63) is 0 Å². The van der Waals surface area contributed by atoms with Crippen LogP contribution < -0.4 is 11.1 Å². The Morgan fingerprint density at radius 3 is 2.62 bits per heavy atom. The highest BCUT2D eigenvalue weighted by molar-refractivity contribution is 5.02. The Bertz CT molecular complexity index is 248. The molecular weight excluding hydrogens is 198 g/mol. The quantitative estimate of drug-likeness (QED) is 0.691. The first-order valence-corrected chi connectivity index (χ1v) is 6.94. The summed E-state index contributed by atoms with van der Waals surface area (Å²) in [5.74, 6) is 1.63. The van der Waals surface area contributed by atoms with Crippen LogP contribution in [0.25, 0.3) is 0 Å². The number of piperidine rings is 2. The Kier molecular flexibility index (Phi) is 2.94. The second kappa shape index (κ2) is 4.28. The fraction of sp³-hybridized carbons (Fsp3) is 1.00. The zero-order valence-electron chi connectivity index (χ0n) is 10.4. The van der Waals surface area contributed by atoms with Crippen LogP contribution in [-0.4, -0.2) is 43.2 Å². The number of rotatable bonds is 1. The monoisotopic (exact) mass is 223 g/mol. The van der Waals surface area contributed by atoms with Gasteiger partial charge in [-0.05, 0) is 64.1 Å². The van der Waals surface area contributed by atoms with E-state index in [0.717, 1.165) is 23.9 Å². The van der Waals surface area contributed by atoms with Crippen molar-refractivity contribution >= 4 is 0 Å². The van der Waals surface area contributed by atoms with Crippen molar-refractivity contribution in [3.63, 3.8) is 0 Å². The van der Waals surface area contributed by atoms with Crippen LogP contribution >= 0.6 is 0 Å². The maximum Gasteiger partial charge on any atom is 0.0116 e. The number of nitrogens with one attached hydrogen (secondary N) is 1. The molecule has 3 saturated heterocycles. The maximum atomic E-state index is 6.41. The lowest BCUT2D eigenvalue weighted by atomic mass is 9.74. The van der Waals surface area contributed by atoms with Crippen molar-refractivity contribution in [1.82, 2.24) is 10.2 Å². The predicted octanol–water partition coefficient (Wildman–Crippen LogP) is 0.796. The lowest BCUT2D eigenvalue weighted by Crippen LogP contribution is -2.55. The fourth-order valence-electron chi connectivity index (χ4n) is 4.22. The minimum absolute atomic E-state index is 0.465. The third-order valence-corrected chi connectivity index (χ3v) is 5.10. The van der Waals surface area contributed by atoms with Gasteiger partial charge in [-0.2, -0.15) is 0 Å². The van der Waals surface area contributed by atoms with E-state index in [2.05, 4.69) is 17.3 Å². The van der Waals surface area contributed by atoms with Crippen LogP contribution in [0, 0.1) is 11.8 Å². The van der Waals surface area contributed by atoms with Crippen LogP contribution in [0.2, 0.25) is 0 Å². The van der Waals surface area contributed by atoms with Gasteiger partial charge in [-0.25, -0.2) is 0 Å². The molecule has 3 fully saturated rings. The van der Waals surface area contributed by atoms with E-state index in [1.807, 2.05) is 0 Å². The highest BCUT2D eigenvalue weighted by atomic mass is 15.1. The second-order valence-electron chi connectivity index (χ2n) is 6.17. The number of likely N-dealkylation sites (tertiary alicyclic amines) is 1. The molecule has 3 N–H and O–H groups in total. The van der Waals surface area contributed by atoms with E-state index in [4.69, 9.17) is 5.73 Å². The summed E-state index contributed by atoms with van der Waals surface area (Å²) < 4.78 is 0. The highest BCUT2D eigenvalue weighted by Crippen LogP contribution is 2.38. The molecule has 3 nitrogen and oxygen atoms in total. The first kappa shape index (κ1) is 11.0. The average molecular weight is 223 g/mol. The van der Waals surface area contributed by atoms with Gasteiger partial charge in [0.05, 0.1) is 0 Å². The molecule has 0 amide bonds. The van der Waals surface area contributed by atoms with Crippen molar-refractivity contribution in [2.45, 2.75) is 50.2 Å². The van der Waals surface area contributed by atoms with Crippen LogP contribution in [0.5, 0.6) is 0 Å². The fourth-order valence-corrected chi connectivity index (χ4v) is 4.22. The molecule has 0 aromatic heterocycles. The molecule has 0 aromatic carbocycles. The predicted molar refractivity (Wildman–Crippen MR) is 66.2 cm³/mol. The van der Waals surface area contributed by atoms with Crippen LogP contribution in [0.15, 0.2) is 0 Å². The lowest BCUT2D eigenvalue weighted by molar-refractivity contribution is 0.111. The van der Waals surface area contributed by atoms with Gasteiger partial charge in [0.15, 0.2) is 0 Å². The van der Waals surface area contributed by atoms with Gasteiger partial charge in [-0.3, -0.25) is 0 Å². The summed E-state index contributed by atoms with van der Waals surface area (Å²) in [6.07, 6.45) is 6.67. The molecule has 4 unspecified atom stereocenters. The topological polar surface area (TPSA) is 41.3 Å². The Morgan fingerprint density at radius 2 is 1.88 bits per heavy atom. The summed E-state index contributed by atoms with van der Waals surface area (Å²) in [5.41, 5.74) is 6.41. The van der Waals surface area contributed by atoms with Crippen molar-refractivity contribution < 1.29 is 0 Å². The summed E-state index contributed by atoms with van der Waals surface area (Å²) in [7, 11) is 2.24. The summed E-state index contributed by atoms with van der Waals surface area (Å²) in [6.45, 7) is 2.54. The summed E-state index contributed by atoms with van der Waals surface area (Å²) in [6, 6.07) is 1.94. The Morgan fingerprint density at radius 1 is 1.12 bits per heavy atom. The van der Waals surface area contributed by atoms with Gasteiger partial charge >= 0.3 is 0 Å². The minimum Gasteiger partial charge on any atom is -0.327 e.